The van der Waals surface area contributed by atoms with Crippen LogP contribution in [0.3, 0.4) is 0 Å². The first-order valence-corrected chi connectivity index (χ1v) is 4.81. The first-order valence-electron chi connectivity index (χ1n) is 4.81. The minimum Gasteiger partial charge on any atom is -0.481 e. The molecule has 0 aliphatic carbocycles. The second kappa shape index (κ2) is 3.27. The summed E-state index contributed by atoms with van der Waals surface area (Å²) in [5.74, 6) is -1.24. The van der Waals surface area contributed by atoms with Gasteiger partial charge >= 0.3 is 5.97 Å². The van der Waals surface area contributed by atoms with Crippen LogP contribution >= 0.6 is 0 Å². The van der Waals surface area contributed by atoms with Crippen LogP contribution in [0.5, 0.6) is 0 Å². The number of carbonyl (C=O) groups is 1. The highest BCUT2D eigenvalue weighted by molar-refractivity contribution is 5.71. The van der Waals surface area contributed by atoms with Crippen LogP contribution in [0.2, 0.25) is 0 Å². The van der Waals surface area contributed by atoms with Gasteiger partial charge in [-0.05, 0) is 25.3 Å². The molecule has 0 amide bonds. The molecular weight excluding hydrogens is 170 g/mol. The number of aliphatic carboxylic acids is 1. The van der Waals surface area contributed by atoms with Crippen molar-refractivity contribution in [3.8, 4) is 0 Å². The van der Waals surface area contributed by atoms with Crippen molar-refractivity contribution in [2.45, 2.75) is 18.9 Å². The Morgan fingerprint density at radius 2 is 2.15 bits per heavy atom. The van der Waals surface area contributed by atoms with Gasteiger partial charge in [-0.2, -0.15) is 0 Å². The Kier molecular flexibility index (Phi) is 2.26. The summed E-state index contributed by atoms with van der Waals surface area (Å²) in [6, 6.07) is 0. The summed E-state index contributed by atoms with van der Waals surface area (Å²) in [5, 5.41) is 18.6. The molecule has 0 radical (unpaired) electrons. The molecule has 2 saturated heterocycles. The van der Waals surface area contributed by atoms with E-state index in [0.29, 0.717) is 6.54 Å². The third kappa shape index (κ3) is 1.56. The van der Waals surface area contributed by atoms with E-state index in [9.17, 15) is 9.90 Å². The van der Waals surface area contributed by atoms with E-state index in [2.05, 4.69) is 4.90 Å². The molecule has 4 unspecified atom stereocenters. The number of carboxylic acids is 1. The highest BCUT2D eigenvalue weighted by Gasteiger charge is 2.41. The Balaban J connectivity index is 2.10. The molecule has 4 heteroatoms. The standard InChI is InChI=1S/C9H15NO3/c11-8-6-2-1-3-10(4-6)5-7(8)9(12)13/h6-8,11H,1-5H2,(H,12,13). The van der Waals surface area contributed by atoms with Gasteiger partial charge in [-0.15, -0.1) is 0 Å². The lowest BCUT2D eigenvalue weighted by atomic mass is 9.81. The van der Waals surface area contributed by atoms with Crippen molar-refractivity contribution in [1.82, 2.24) is 4.90 Å². The van der Waals surface area contributed by atoms with Gasteiger partial charge in [-0.25, -0.2) is 0 Å². The van der Waals surface area contributed by atoms with Gasteiger partial charge in [0.25, 0.3) is 0 Å². The van der Waals surface area contributed by atoms with Crippen LogP contribution in [0.15, 0.2) is 0 Å². The predicted octanol–water partition coefficient (Wildman–Crippen LogP) is -0.226. The Labute approximate surface area is 77.2 Å². The molecule has 2 bridgehead atoms. The van der Waals surface area contributed by atoms with Gasteiger partial charge in [0.05, 0.1) is 12.0 Å². The van der Waals surface area contributed by atoms with E-state index in [1.54, 1.807) is 0 Å². The molecule has 2 fully saturated rings. The van der Waals surface area contributed by atoms with Crippen LogP contribution in [0.4, 0.5) is 0 Å². The second-order valence-electron chi connectivity index (χ2n) is 4.10. The van der Waals surface area contributed by atoms with Crippen LogP contribution in [-0.2, 0) is 4.79 Å². The lowest BCUT2D eigenvalue weighted by Crippen LogP contribution is -2.54. The van der Waals surface area contributed by atoms with E-state index in [4.69, 9.17) is 5.11 Å². The predicted molar refractivity (Wildman–Crippen MR) is 46.3 cm³/mol. The van der Waals surface area contributed by atoms with E-state index >= 15 is 0 Å². The van der Waals surface area contributed by atoms with E-state index < -0.39 is 18.0 Å². The lowest BCUT2D eigenvalue weighted by molar-refractivity contribution is -0.153. The van der Waals surface area contributed by atoms with Gasteiger partial charge in [-0.3, -0.25) is 4.79 Å². The molecule has 0 aromatic carbocycles. The highest BCUT2D eigenvalue weighted by Crippen LogP contribution is 2.30. The summed E-state index contributed by atoms with van der Waals surface area (Å²) in [5.41, 5.74) is 0. The fourth-order valence-electron chi connectivity index (χ4n) is 2.47. The first-order chi connectivity index (χ1) is 6.18. The van der Waals surface area contributed by atoms with Crippen LogP contribution < -0.4 is 0 Å². The topological polar surface area (TPSA) is 60.8 Å². The maximum absolute atomic E-state index is 10.8. The molecular formula is C9H15NO3. The Bertz CT molecular complexity index is 219. The fraction of sp³-hybridized carbons (Fsp3) is 0.889. The van der Waals surface area contributed by atoms with Gasteiger partial charge in [0, 0.05) is 13.1 Å². The zero-order valence-electron chi connectivity index (χ0n) is 7.52. The average Bonchev–Trinajstić information content (AvgIpc) is 2.12. The van der Waals surface area contributed by atoms with Crippen molar-refractivity contribution in [3.63, 3.8) is 0 Å². The number of nitrogens with zero attached hydrogens (tertiary/aromatic N) is 1. The van der Waals surface area contributed by atoms with Gasteiger partial charge in [0.1, 0.15) is 0 Å². The van der Waals surface area contributed by atoms with Crippen LogP contribution in [0.1, 0.15) is 12.8 Å². The molecule has 2 rings (SSSR count). The van der Waals surface area contributed by atoms with Gasteiger partial charge in [0.15, 0.2) is 0 Å². The van der Waals surface area contributed by atoms with Gasteiger partial charge < -0.3 is 15.1 Å². The van der Waals surface area contributed by atoms with Crippen molar-refractivity contribution in [3.05, 3.63) is 0 Å². The van der Waals surface area contributed by atoms with E-state index in [1.165, 1.54) is 0 Å². The summed E-state index contributed by atoms with van der Waals surface area (Å²) in [6.45, 7) is 2.39. The smallest absolute Gasteiger partial charge is 0.310 e. The molecule has 2 heterocycles. The number of hydrogen-bond acceptors (Lipinski definition) is 3. The number of aliphatic hydroxyl groups is 1. The second-order valence-corrected chi connectivity index (χ2v) is 4.10. The Morgan fingerprint density at radius 3 is 2.85 bits per heavy atom. The summed E-state index contributed by atoms with van der Waals surface area (Å²) >= 11 is 0. The molecule has 0 aromatic heterocycles. The van der Waals surface area contributed by atoms with E-state index in [0.717, 1.165) is 25.9 Å². The number of rotatable bonds is 1. The molecule has 0 saturated carbocycles. The normalized spacial score (nSPS) is 44.4. The maximum Gasteiger partial charge on any atom is 0.310 e. The van der Waals surface area contributed by atoms with E-state index in [-0.39, 0.29) is 5.92 Å². The molecule has 4 nitrogen and oxygen atoms in total. The minimum absolute atomic E-state index is 0.184. The van der Waals surface area contributed by atoms with Crippen molar-refractivity contribution in [1.29, 1.82) is 0 Å². The maximum atomic E-state index is 10.8. The molecule has 2 aliphatic rings. The van der Waals surface area contributed by atoms with E-state index in [1.807, 2.05) is 0 Å². The lowest BCUT2D eigenvalue weighted by Gasteiger charge is -2.43. The summed E-state index contributed by atoms with van der Waals surface area (Å²) < 4.78 is 0. The van der Waals surface area contributed by atoms with Crippen molar-refractivity contribution >= 4 is 5.97 Å². The number of aliphatic hydroxyl groups excluding tert-OH is 1. The van der Waals surface area contributed by atoms with Crippen molar-refractivity contribution in [2.24, 2.45) is 11.8 Å². The SMILES string of the molecule is O=C(O)C1CN2CCCC(C2)C1O. The number of piperidine rings is 2. The van der Waals surface area contributed by atoms with Crippen LogP contribution in [0, 0.1) is 11.8 Å². The minimum atomic E-state index is -0.857. The zero-order chi connectivity index (χ0) is 9.42. The molecule has 4 atom stereocenters. The molecule has 0 spiro atoms. The zero-order valence-corrected chi connectivity index (χ0v) is 7.52. The quantitative estimate of drug-likeness (QED) is 0.592. The molecule has 2 N–H and O–H groups in total. The van der Waals surface area contributed by atoms with Gasteiger partial charge in [-0.1, -0.05) is 0 Å². The van der Waals surface area contributed by atoms with Gasteiger partial charge in [0.2, 0.25) is 0 Å². The molecule has 13 heavy (non-hydrogen) atoms. The fourth-order valence-corrected chi connectivity index (χ4v) is 2.47. The third-order valence-corrected chi connectivity index (χ3v) is 3.21. The largest absolute Gasteiger partial charge is 0.481 e. The average molecular weight is 185 g/mol. The van der Waals surface area contributed by atoms with Crippen molar-refractivity contribution < 1.29 is 15.0 Å². The molecule has 0 aromatic rings. The third-order valence-electron chi connectivity index (χ3n) is 3.21. The summed E-state index contributed by atoms with van der Waals surface area (Å²) in [4.78, 5) is 13.0. The number of hydrogen-bond donors (Lipinski definition) is 2. The molecule has 74 valence electrons. The highest BCUT2D eigenvalue weighted by atomic mass is 16.4. The van der Waals surface area contributed by atoms with Crippen LogP contribution in [-0.4, -0.2) is 46.8 Å². The summed E-state index contributed by atoms with van der Waals surface area (Å²) in [7, 11) is 0. The van der Waals surface area contributed by atoms with Crippen molar-refractivity contribution in [2.75, 3.05) is 19.6 Å². The number of fused-ring (bicyclic) bond motifs is 2. The molecule has 2 aliphatic heterocycles. The Morgan fingerprint density at radius 1 is 1.38 bits per heavy atom. The monoisotopic (exact) mass is 185 g/mol. The first kappa shape index (κ1) is 8.97. The van der Waals surface area contributed by atoms with Crippen LogP contribution in [0.25, 0.3) is 0 Å². The summed E-state index contributed by atoms with van der Waals surface area (Å²) in [6.07, 6.45) is 1.43. The number of carboxylic acid groups (broad SMARTS) is 1. The Hall–Kier alpha value is -0.610.